The Labute approximate surface area is 136 Å². The van der Waals surface area contributed by atoms with Crippen molar-refractivity contribution >= 4 is 5.91 Å². The summed E-state index contributed by atoms with van der Waals surface area (Å²) in [6.07, 6.45) is 1.83. The van der Waals surface area contributed by atoms with Gasteiger partial charge in [0.25, 0.3) is 0 Å². The lowest BCUT2D eigenvalue weighted by atomic mass is 9.82. The molecule has 0 fully saturated rings. The van der Waals surface area contributed by atoms with Crippen LogP contribution < -0.4 is 4.74 Å². The lowest BCUT2D eigenvalue weighted by Gasteiger charge is -2.38. The molecule has 1 N–H and O–H groups in total. The SMILES string of the molecule is COc1cccc(C(C)C(=O)N2Cc3cn[nH]c3C(C)(C)C2)c1. The summed E-state index contributed by atoms with van der Waals surface area (Å²) in [5, 5.41) is 7.22. The number of ether oxygens (including phenoxy) is 1. The van der Waals surface area contributed by atoms with Crippen molar-refractivity contribution < 1.29 is 9.53 Å². The molecule has 1 unspecified atom stereocenters. The Morgan fingerprint density at radius 3 is 2.96 bits per heavy atom. The minimum Gasteiger partial charge on any atom is -0.497 e. The summed E-state index contributed by atoms with van der Waals surface area (Å²) >= 11 is 0. The molecule has 5 nitrogen and oxygen atoms in total. The highest BCUT2D eigenvalue weighted by atomic mass is 16.5. The van der Waals surface area contributed by atoms with E-state index in [1.807, 2.05) is 42.3 Å². The normalized spacial score (nSPS) is 17.5. The van der Waals surface area contributed by atoms with Gasteiger partial charge in [0.1, 0.15) is 5.75 Å². The average Bonchev–Trinajstić information content (AvgIpc) is 3.02. The molecule has 0 spiro atoms. The molecule has 2 heterocycles. The van der Waals surface area contributed by atoms with Crippen LogP contribution in [0.2, 0.25) is 0 Å². The minimum atomic E-state index is -0.200. The van der Waals surface area contributed by atoms with Gasteiger partial charge in [-0.3, -0.25) is 9.89 Å². The molecule has 2 aromatic rings. The highest BCUT2D eigenvalue weighted by Gasteiger charge is 2.36. The minimum absolute atomic E-state index is 0.117. The average molecular weight is 313 g/mol. The van der Waals surface area contributed by atoms with Crippen molar-refractivity contribution in [2.75, 3.05) is 13.7 Å². The second-order valence-electron chi connectivity index (χ2n) is 6.85. The Bertz CT molecular complexity index is 721. The standard InChI is InChI=1S/C18H23N3O2/c1-12(13-6-5-7-15(8-13)23-4)17(22)21-10-14-9-19-20-16(14)18(2,3)11-21/h5-9,12H,10-11H2,1-4H3,(H,19,20). The number of carbonyl (C=O) groups excluding carboxylic acids is 1. The first-order valence-corrected chi connectivity index (χ1v) is 7.88. The molecule has 1 aliphatic heterocycles. The predicted molar refractivity (Wildman–Crippen MR) is 88.4 cm³/mol. The maximum absolute atomic E-state index is 13.0. The highest BCUT2D eigenvalue weighted by Crippen LogP contribution is 2.33. The number of nitrogens with zero attached hydrogens (tertiary/aromatic N) is 2. The Balaban J connectivity index is 1.83. The van der Waals surface area contributed by atoms with Gasteiger partial charge in [-0.2, -0.15) is 5.10 Å². The molecule has 0 radical (unpaired) electrons. The third-order valence-electron chi connectivity index (χ3n) is 4.62. The second-order valence-corrected chi connectivity index (χ2v) is 6.85. The fourth-order valence-corrected chi connectivity index (χ4v) is 3.32. The maximum Gasteiger partial charge on any atom is 0.230 e. The molecule has 1 aromatic carbocycles. The number of fused-ring (bicyclic) bond motifs is 1. The molecule has 122 valence electrons. The summed E-state index contributed by atoms with van der Waals surface area (Å²) in [6, 6.07) is 7.72. The zero-order valence-electron chi connectivity index (χ0n) is 14.1. The lowest BCUT2D eigenvalue weighted by Crippen LogP contribution is -2.46. The van der Waals surface area contributed by atoms with Gasteiger partial charge in [0.15, 0.2) is 0 Å². The van der Waals surface area contributed by atoms with E-state index in [1.54, 1.807) is 7.11 Å². The number of rotatable bonds is 3. The number of H-pyrrole nitrogens is 1. The fourth-order valence-electron chi connectivity index (χ4n) is 3.32. The topological polar surface area (TPSA) is 58.2 Å². The van der Waals surface area contributed by atoms with Gasteiger partial charge in [-0.25, -0.2) is 0 Å². The molecular formula is C18H23N3O2. The van der Waals surface area contributed by atoms with Crippen LogP contribution in [0, 0.1) is 0 Å². The Kier molecular flexibility index (Phi) is 3.88. The van der Waals surface area contributed by atoms with Gasteiger partial charge in [-0.1, -0.05) is 26.0 Å². The molecule has 0 aliphatic carbocycles. The zero-order chi connectivity index (χ0) is 16.6. The fraction of sp³-hybridized carbons (Fsp3) is 0.444. The van der Waals surface area contributed by atoms with E-state index < -0.39 is 0 Å². The molecule has 1 aromatic heterocycles. The van der Waals surface area contributed by atoms with Crippen LogP contribution in [-0.4, -0.2) is 34.7 Å². The summed E-state index contributed by atoms with van der Waals surface area (Å²) in [5.74, 6) is 0.714. The number of hydrogen-bond donors (Lipinski definition) is 1. The predicted octanol–water partition coefficient (Wildman–Crippen LogP) is 2.84. The van der Waals surface area contributed by atoms with E-state index >= 15 is 0 Å². The number of amides is 1. The highest BCUT2D eigenvalue weighted by molar-refractivity contribution is 5.83. The molecule has 3 rings (SSSR count). The van der Waals surface area contributed by atoms with Gasteiger partial charge in [0, 0.05) is 29.8 Å². The van der Waals surface area contributed by atoms with Crippen molar-refractivity contribution in [1.29, 1.82) is 0 Å². The molecule has 5 heteroatoms. The van der Waals surface area contributed by atoms with E-state index in [0.29, 0.717) is 13.1 Å². The number of aromatic amines is 1. The van der Waals surface area contributed by atoms with Crippen LogP contribution in [0.15, 0.2) is 30.5 Å². The number of hydrogen-bond acceptors (Lipinski definition) is 3. The molecule has 0 bridgehead atoms. The molecule has 0 saturated heterocycles. The first-order valence-electron chi connectivity index (χ1n) is 7.88. The van der Waals surface area contributed by atoms with Crippen molar-refractivity contribution in [2.45, 2.75) is 38.6 Å². The first kappa shape index (κ1) is 15.6. The Hall–Kier alpha value is -2.30. The molecule has 1 atom stereocenters. The van der Waals surface area contributed by atoms with Crippen LogP contribution in [0.3, 0.4) is 0 Å². The van der Waals surface area contributed by atoms with Crippen LogP contribution in [0.25, 0.3) is 0 Å². The monoisotopic (exact) mass is 313 g/mol. The largest absolute Gasteiger partial charge is 0.497 e. The van der Waals surface area contributed by atoms with Crippen molar-refractivity contribution in [1.82, 2.24) is 15.1 Å². The number of methoxy groups -OCH3 is 1. The van der Waals surface area contributed by atoms with Gasteiger partial charge in [0.05, 0.1) is 19.2 Å². The number of benzene rings is 1. The van der Waals surface area contributed by atoms with Crippen molar-refractivity contribution in [3.63, 3.8) is 0 Å². The summed E-state index contributed by atoms with van der Waals surface area (Å²) in [5.41, 5.74) is 3.10. The van der Waals surface area contributed by atoms with Crippen LogP contribution in [0.4, 0.5) is 0 Å². The maximum atomic E-state index is 13.0. The zero-order valence-corrected chi connectivity index (χ0v) is 14.1. The van der Waals surface area contributed by atoms with Gasteiger partial charge < -0.3 is 9.64 Å². The van der Waals surface area contributed by atoms with Gasteiger partial charge in [-0.05, 0) is 24.6 Å². The van der Waals surface area contributed by atoms with Crippen molar-refractivity contribution in [3.8, 4) is 5.75 Å². The van der Waals surface area contributed by atoms with E-state index in [1.165, 1.54) is 0 Å². The third kappa shape index (κ3) is 2.83. The molecule has 1 amide bonds. The first-order chi connectivity index (χ1) is 10.9. The van der Waals surface area contributed by atoms with E-state index in [-0.39, 0.29) is 17.2 Å². The Morgan fingerprint density at radius 1 is 1.43 bits per heavy atom. The molecule has 0 saturated carbocycles. The molecular weight excluding hydrogens is 290 g/mol. The Morgan fingerprint density at radius 2 is 2.22 bits per heavy atom. The summed E-state index contributed by atoms with van der Waals surface area (Å²) in [4.78, 5) is 14.9. The quantitative estimate of drug-likeness (QED) is 0.948. The van der Waals surface area contributed by atoms with Crippen molar-refractivity contribution in [3.05, 3.63) is 47.3 Å². The molecule has 23 heavy (non-hydrogen) atoms. The van der Waals surface area contributed by atoms with Gasteiger partial charge in [0.2, 0.25) is 5.91 Å². The lowest BCUT2D eigenvalue weighted by molar-refractivity contribution is -0.134. The van der Waals surface area contributed by atoms with E-state index in [0.717, 1.165) is 22.6 Å². The van der Waals surface area contributed by atoms with Crippen LogP contribution in [0.1, 0.15) is 43.5 Å². The number of carbonyl (C=O) groups is 1. The second kappa shape index (κ2) is 5.72. The third-order valence-corrected chi connectivity index (χ3v) is 4.62. The van der Waals surface area contributed by atoms with E-state index in [9.17, 15) is 4.79 Å². The van der Waals surface area contributed by atoms with Crippen LogP contribution >= 0.6 is 0 Å². The van der Waals surface area contributed by atoms with Crippen LogP contribution in [0.5, 0.6) is 5.75 Å². The van der Waals surface area contributed by atoms with Crippen LogP contribution in [-0.2, 0) is 16.8 Å². The van der Waals surface area contributed by atoms with E-state index in [2.05, 4.69) is 24.0 Å². The van der Waals surface area contributed by atoms with E-state index in [4.69, 9.17) is 4.74 Å². The summed E-state index contributed by atoms with van der Waals surface area (Å²) in [7, 11) is 1.64. The molecule has 1 aliphatic rings. The summed E-state index contributed by atoms with van der Waals surface area (Å²) < 4.78 is 5.26. The van der Waals surface area contributed by atoms with Crippen molar-refractivity contribution in [2.24, 2.45) is 0 Å². The number of nitrogens with one attached hydrogen (secondary N) is 1. The van der Waals surface area contributed by atoms with Gasteiger partial charge in [-0.15, -0.1) is 0 Å². The number of aromatic nitrogens is 2. The van der Waals surface area contributed by atoms with Gasteiger partial charge >= 0.3 is 0 Å². The summed E-state index contributed by atoms with van der Waals surface area (Å²) in [6.45, 7) is 7.53. The smallest absolute Gasteiger partial charge is 0.230 e.